The van der Waals surface area contributed by atoms with E-state index in [1.807, 2.05) is 6.92 Å². The maximum atomic E-state index is 12.3. The normalized spacial score (nSPS) is 27.6. The van der Waals surface area contributed by atoms with Crippen LogP contribution in [0.2, 0.25) is 0 Å². The van der Waals surface area contributed by atoms with E-state index in [1.54, 1.807) is 12.0 Å². The van der Waals surface area contributed by atoms with Crippen LogP contribution in [0.1, 0.15) is 26.2 Å². The Morgan fingerprint density at radius 3 is 2.76 bits per heavy atom. The smallest absolute Gasteiger partial charge is 0.245 e. The first-order valence-electron chi connectivity index (χ1n) is 6.22. The summed E-state index contributed by atoms with van der Waals surface area (Å²) in [6.07, 6.45) is 2.48. The minimum Gasteiger partial charge on any atom is -0.383 e. The molecule has 0 aromatic carbocycles. The lowest BCUT2D eigenvalue weighted by molar-refractivity contribution is -0.136. The van der Waals surface area contributed by atoms with Gasteiger partial charge in [0.15, 0.2) is 0 Å². The van der Waals surface area contributed by atoms with E-state index in [0.29, 0.717) is 25.5 Å². The van der Waals surface area contributed by atoms with E-state index >= 15 is 0 Å². The zero-order chi connectivity index (χ0) is 12.4. The first kappa shape index (κ1) is 12.4. The lowest BCUT2D eigenvalue weighted by atomic mass is 10.1. The Kier molecular flexibility index (Phi) is 3.66. The van der Waals surface area contributed by atoms with Gasteiger partial charge in [-0.1, -0.05) is 0 Å². The van der Waals surface area contributed by atoms with Crippen molar-refractivity contribution < 1.29 is 14.3 Å². The summed E-state index contributed by atoms with van der Waals surface area (Å²) >= 11 is 0. The Bertz CT molecular complexity index is 315. The molecule has 2 fully saturated rings. The van der Waals surface area contributed by atoms with Crippen molar-refractivity contribution >= 4 is 11.8 Å². The van der Waals surface area contributed by atoms with Crippen LogP contribution in [0.3, 0.4) is 0 Å². The molecular weight excluding hydrogens is 220 g/mol. The summed E-state index contributed by atoms with van der Waals surface area (Å²) in [5.74, 6) is 0.395. The van der Waals surface area contributed by atoms with Crippen molar-refractivity contribution in [3.8, 4) is 0 Å². The predicted molar refractivity (Wildman–Crippen MR) is 62.3 cm³/mol. The Hall–Kier alpha value is -1.10. The topological polar surface area (TPSA) is 58.6 Å². The Labute approximate surface area is 101 Å². The quantitative estimate of drug-likeness (QED) is 0.761. The number of methoxy groups -OCH3 is 1. The van der Waals surface area contributed by atoms with Crippen molar-refractivity contribution in [2.24, 2.45) is 5.92 Å². The molecule has 0 radical (unpaired) electrons. The number of ether oxygens (including phenoxy) is 1. The van der Waals surface area contributed by atoms with Crippen LogP contribution >= 0.6 is 0 Å². The number of nitrogens with one attached hydrogen (secondary N) is 1. The molecule has 1 saturated heterocycles. The van der Waals surface area contributed by atoms with E-state index in [0.717, 1.165) is 12.8 Å². The van der Waals surface area contributed by atoms with Gasteiger partial charge >= 0.3 is 0 Å². The molecule has 1 N–H and O–H groups in total. The van der Waals surface area contributed by atoms with Crippen molar-refractivity contribution in [1.82, 2.24) is 10.2 Å². The van der Waals surface area contributed by atoms with Crippen molar-refractivity contribution in [2.45, 2.75) is 38.3 Å². The van der Waals surface area contributed by atoms with E-state index in [2.05, 4.69) is 5.32 Å². The minimum atomic E-state index is -0.302. The fourth-order valence-electron chi connectivity index (χ4n) is 2.34. The monoisotopic (exact) mass is 240 g/mol. The molecule has 0 aromatic rings. The molecule has 1 aliphatic heterocycles. The predicted octanol–water partition coefficient (Wildman–Crippen LogP) is 0.148. The van der Waals surface area contributed by atoms with E-state index in [1.165, 1.54) is 0 Å². The lowest BCUT2D eigenvalue weighted by Gasteiger charge is -2.29. The van der Waals surface area contributed by atoms with Crippen LogP contribution < -0.4 is 5.32 Å². The van der Waals surface area contributed by atoms with Gasteiger partial charge in [0.25, 0.3) is 0 Å². The molecule has 1 saturated carbocycles. The second-order valence-electron chi connectivity index (χ2n) is 4.97. The van der Waals surface area contributed by atoms with Crippen LogP contribution in [0.4, 0.5) is 0 Å². The lowest BCUT2D eigenvalue weighted by Crippen LogP contribution is -2.49. The molecule has 2 atom stereocenters. The van der Waals surface area contributed by atoms with Crippen LogP contribution in [0.25, 0.3) is 0 Å². The summed E-state index contributed by atoms with van der Waals surface area (Å²) in [4.78, 5) is 25.7. The first-order chi connectivity index (χ1) is 8.13. The molecule has 0 bridgehead atoms. The summed E-state index contributed by atoms with van der Waals surface area (Å²) < 4.78 is 5.08. The van der Waals surface area contributed by atoms with Gasteiger partial charge in [-0.25, -0.2) is 0 Å². The molecule has 2 rings (SSSR count). The van der Waals surface area contributed by atoms with Crippen LogP contribution in [0.5, 0.6) is 0 Å². The molecule has 2 unspecified atom stereocenters. The zero-order valence-corrected chi connectivity index (χ0v) is 10.4. The highest BCUT2D eigenvalue weighted by molar-refractivity contribution is 5.90. The second kappa shape index (κ2) is 5.04. The molecule has 1 heterocycles. The van der Waals surface area contributed by atoms with Crippen LogP contribution in [0.15, 0.2) is 0 Å². The van der Waals surface area contributed by atoms with E-state index in [-0.39, 0.29) is 23.9 Å². The van der Waals surface area contributed by atoms with Crippen molar-refractivity contribution in [2.75, 3.05) is 20.3 Å². The number of amides is 2. The Balaban J connectivity index is 2.09. The van der Waals surface area contributed by atoms with Gasteiger partial charge in [0, 0.05) is 20.1 Å². The molecule has 2 aliphatic rings. The number of rotatable bonds is 4. The number of carbonyl (C=O) groups excluding carboxylic acids is 2. The highest BCUT2D eigenvalue weighted by Gasteiger charge is 2.41. The largest absolute Gasteiger partial charge is 0.383 e. The molecule has 5 nitrogen and oxygen atoms in total. The Morgan fingerprint density at radius 2 is 2.18 bits per heavy atom. The van der Waals surface area contributed by atoms with Gasteiger partial charge in [-0.05, 0) is 25.7 Å². The maximum Gasteiger partial charge on any atom is 0.245 e. The number of nitrogens with zero attached hydrogens (tertiary/aromatic N) is 1. The highest BCUT2D eigenvalue weighted by Crippen LogP contribution is 2.34. The van der Waals surface area contributed by atoms with E-state index in [9.17, 15) is 9.59 Å². The molecule has 5 heteroatoms. The Morgan fingerprint density at radius 1 is 1.47 bits per heavy atom. The summed E-state index contributed by atoms with van der Waals surface area (Å²) in [6, 6.07) is -0.272. The van der Waals surface area contributed by atoms with Gasteiger partial charge < -0.3 is 15.0 Å². The minimum absolute atomic E-state index is 0.0117. The van der Waals surface area contributed by atoms with Crippen molar-refractivity contribution in [1.29, 1.82) is 0 Å². The van der Waals surface area contributed by atoms with Crippen LogP contribution in [-0.2, 0) is 14.3 Å². The van der Waals surface area contributed by atoms with Gasteiger partial charge in [0.2, 0.25) is 11.8 Å². The van der Waals surface area contributed by atoms with E-state index in [4.69, 9.17) is 4.74 Å². The highest BCUT2D eigenvalue weighted by atomic mass is 16.5. The zero-order valence-electron chi connectivity index (χ0n) is 10.4. The van der Waals surface area contributed by atoms with Crippen LogP contribution in [0, 0.1) is 5.92 Å². The average Bonchev–Trinajstić information content (AvgIpc) is 3.09. The molecule has 17 heavy (non-hydrogen) atoms. The molecule has 1 aliphatic carbocycles. The third-order valence-corrected chi connectivity index (χ3v) is 3.48. The molecule has 2 amide bonds. The average molecular weight is 240 g/mol. The molecule has 0 aromatic heterocycles. The second-order valence-corrected chi connectivity index (χ2v) is 4.97. The third-order valence-electron chi connectivity index (χ3n) is 3.48. The standard InChI is InChI=1S/C12H20N2O3/c1-8(7-17-2)14-6-5-10(15)13-11(12(14)16)9-3-4-9/h8-9,11H,3-7H2,1-2H3,(H,13,15). The van der Waals surface area contributed by atoms with Gasteiger partial charge in [0.1, 0.15) is 6.04 Å². The number of carbonyl (C=O) groups is 2. The fraction of sp³-hybridized carbons (Fsp3) is 0.833. The summed E-state index contributed by atoms with van der Waals surface area (Å²) in [7, 11) is 1.63. The van der Waals surface area contributed by atoms with Gasteiger partial charge in [-0.2, -0.15) is 0 Å². The molecular formula is C12H20N2O3. The number of hydrogen-bond acceptors (Lipinski definition) is 3. The van der Waals surface area contributed by atoms with Gasteiger partial charge in [-0.15, -0.1) is 0 Å². The van der Waals surface area contributed by atoms with Gasteiger partial charge in [-0.3, -0.25) is 9.59 Å². The fourth-order valence-corrected chi connectivity index (χ4v) is 2.34. The summed E-state index contributed by atoms with van der Waals surface area (Å²) in [5, 5.41) is 2.85. The number of hydrogen-bond donors (Lipinski definition) is 1. The third kappa shape index (κ3) is 2.77. The summed E-state index contributed by atoms with van der Waals surface area (Å²) in [6.45, 7) is 2.97. The summed E-state index contributed by atoms with van der Waals surface area (Å²) in [5.41, 5.74) is 0. The maximum absolute atomic E-state index is 12.3. The van der Waals surface area contributed by atoms with Gasteiger partial charge in [0.05, 0.1) is 12.6 Å². The first-order valence-corrected chi connectivity index (χ1v) is 6.22. The SMILES string of the molecule is COCC(C)N1CCC(=O)NC(C2CC2)C1=O. The molecule has 96 valence electrons. The molecule has 0 spiro atoms. The van der Waals surface area contributed by atoms with Crippen molar-refractivity contribution in [3.63, 3.8) is 0 Å². The van der Waals surface area contributed by atoms with E-state index < -0.39 is 0 Å². The van der Waals surface area contributed by atoms with Crippen LogP contribution in [-0.4, -0.2) is 49.1 Å². The van der Waals surface area contributed by atoms with Crippen molar-refractivity contribution in [3.05, 3.63) is 0 Å².